The zero-order valence-corrected chi connectivity index (χ0v) is 27.0. The molecule has 1 amide bonds. The van der Waals surface area contributed by atoms with Crippen LogP contribution in [0.5, 0.6) is 0 Å². The number of alkyl carbamates (subject to hydrolysis) is 1. The van der Waals surface area contributed by atoms with E-state index in [1.165, 1.54) is 0 Å². The van der Waals surface area contributed by atoms with E-state index in [1.807, 2.05) is 50.8 Å². The third kappa shape index (κ3) is 9.19. The van der Waals surface area contributed by atoms with E-state index in [0.717, 1.165) is 5.56 Å². The Hall–Kier alpha value is -1.70. The molecule has 4 rings (SSSR count). The standard InChI is InChI=1S/C31H49N2O10P/c1-6-23-25(34)18(3)29(41-23)43-28-26(35)21(32)14-22(33-30(36)38-15-19-10-8-7-9-11-19)27(28)42-24-13-17(2)12-20(40-24)16-39-31(37)44(4)5/h7-11,17-18,20-29,31,34-35,37H,4,6,12-16,32H2,1-3,5H3/p+1. The smallest absolute Gasteiger partial charge is 0.407 e. The van der Waals surface area contributed by atoms with Gasteiger partial charge in [0.05, 0.1) is 43.4 Å². The van der Waals surface area contributed by atoms with Gasteiger partial charge < -0.3 is 54.8 Å². The summed E-state index contributed by atoms with van der Waals surface area (Å²) in [5.41, 5.74) is 7.21. The average molecular weight is 642 g/mol. The first-order chi connectivity index (χ1) is 21.0. The maximum atomic E-state index is 13.0. The molecule has 44 heavy (non-hydrogen) atoms. The normalized spacial score (nSPS) is 38.6. The largest absolute Gasteiger partial charge is 0.445 e. The molecule has 2 aliphatic heterocycles. The third-order valence-electron chi connectivity index (χ3n) is 8.61. The van der Waals surface area contributed by atoms with E-state index in [9.17, 15) is 20.1 Å². The first-order valence-electron chi connectivity index (χ1n) is 15.5. The fourth-order valence-corrected chi connectivity index (χ4v) is 6.38. The van der Waals surface area contributed by atoms with Gasteiger partial charge in [-0.25, -0.2) is 4.79 Å². The Morgan fingerprint density at radius 1 is 1.11 bits per heavy atom. The molecule has 0 radical (unpaired) electrons. The molecule has 1 aromatic carbocycles. The van der Waals surface area contributed by atoms with E-state index in [0.29, 0.717) is 19.3 Å². The lowest BCUT2D eigenvalue weighted by Crippen LogP contribution is -2.66. The minimum atomic E-state index is -1.15. The van der Waals surface area contributed by atoms with Gasteiger partial charge in [-0.05, 0) is 30.7 Å². The Labute approximate surface area is 260 Å². The van der Waals surface area contributed by atoms with Crippen LogP contribution in [0.4, 0.5) is 4.79 Å². The number of carbonyl (C=O) groups excluding carboxylic acids is 1. The third-order valence-corrected chi connectivity index (χ3v) is 9.51. The van der Waals surface area contributed by atoms with Crippen molar-refractivity contribution >= 4 is 19.9 Å². The topological polar surface area (TPSA) is 171 Å². The van der Waals surface area contributed by atoms with Crippen LogP contribution < -0.4 is 11.1 Å². The number of rotatable bonds is 12. The lowest BCUT2D eigenvalue weighted by atomic mass is 9.83. The summed E-state index contributed by atoms with van der Waals surface area (Å²) in [6.45, 7) is 7.89. The Balaban J connectivity index is 1.51. The number of carbonyl (C=O) groups is 1. The Morgan fingerprint density at radius 2 is 1.84 bits per heavy atom. The molecule has 0 spiro atoms. The van der Waals surface area contributed by atoms with Gasteiger partial charge in [0.1, 0.15) is 33.0 Å². The van der Waals surface area contributed by atoms with Gasteiger partial charge in [-0.15, -0.1) is 0 Å². The molecular weight excluding hydrogens is 591 g/mol. The summed E-state index contributed by atoms with van der Waals surface area (Å²) < 4.78 is 36.2. The van der Waals surface area contributed by atoms with E-state index >= 15 is 0 Å². The highest BCUT2D eigenvalue weighted by Gasteiger charge is 2.51. The Bertz CT molecular complexity index is 1070. The van der Waals surface area contributed by atoms with E-state index in [-0.39, 0.29) is 37.6 Å². The second kappa shape index (κ2) is 16.2. The SMILES string of the molecule is C=[P+](C)C(O)OCC1CC(C)CC(OC2C(NC(=O)OCc3ccccc3)CC(N)C(O)C2OC2OC(CC)C(O)C2C)O1. The Kier molecular flexibility index (Phi) is 13.0. The number of amides is 1. The molecule has 1 saturated carbocycles. The molecule has 3 aliphatic rings. The fourth-order valence-electron chi connectivity index (χ4n) is 6.04. The molecule has 248 valence electrons. The Morgan fingerprint density at radius 3 is 2.50 bits per heavy atom. The van der Waals surface area contributed by atoms with Crippen molar-refractivity contribution in [2.45, 2.75) is 120 Å². The van der Waals surface area contributed by atoms with E-state index < -0.39 is 74.9 Å². The lowest BCUT2D eigenvalue weighted by molar-refractivity contribution is -0.289. The van der Waals surface area contributed by atoms with Crippen LogP contribution in [0.1, 0.15) is 52.0 Å². The predicted octanol–water partition coefficient (Wildman–Crippen LogP) is 2.25. The summed E-state index contributed by atoms with van der Waals surface area (Å²) >= 11 is 0. The lowest BCUT2D eigenvalue weighted by Gasteiger charge is -2.46. The highest BCUT2D eigenvalue weighted by molar-refractivity contribution is 7.55. The van der Waals surface area contributed by atoms with Gasteiger partial charge in [0.15, 0.2) is 12.6 Å². The molecule has 12 nitrogen and oxygen atoms in total. The monoisotopic (exact) mass is 641 g/mol. The molecular formula is C31H50N2O10P+. The highest BCUT2D eigenvalue weighted by Crippen LogP contribution is 2.36. The minimum absolute atomic E-state index is 0.0766. The van der Waals surface area contributed by atoms with Crippen LogP contribution in [0.25, 0.3) is 0 Å². The van der Waals surface area contributed by atoms with Gasteiger partial charge in [-0.1, -0.05) is 51.1 Å². The van der Waals surface area contributed by atoms with Gasteiger partial charge in [-0.2, -0.15) is 0 Å². The van der Waals surface area contributed by atoms with Crippen molar-refractivity contribution in [3.63, 3.8) is 0 Å². The molecule has 2 heterocycles. The number of ether oxygens (including phenoxy) is 6. The summed E-state index contributed by atoms with van der Waals surface area (Å²) in [5, 5.41) is 34.9. The molecule has 0 aromatic heterocycles. The molecule has 3 fully saturated rings. The average Bonchev–Trinajstić information content (AvgIpc) is 3.27. The van der Waals surface area contributed by atoms with Crippen LogP contribution >= 0.6 is 7.55 Å². The van der Waals surface area contributed by atoms with Crippen LogP contribution in [0.2, 0.25) is 0 Å². The maximum absolute atomic E-state index is 13.0. The van der Waals surface area contributed by atoms with Crippen LogP contribution in [0, 0.1) is 11.8 Å². The minimum Gasteiger partial charge on any atom is -0.445 e. The quantitative estimate of drug-likeness (QED) is 0.168. The molecule has 14 atom stereocenters. The molecule has 2 saturated heterocycles. The number of aliphatic hydroxyl groups excluding tert-OH is 3. The van der Waals surface area contributed by atoms with Gasteiger partial charge in [0, 0.05) is 18.4 Å². The van der Waals surface area contributed by atoms with E-state index in [4.69, 9.17) is 34.2 Å². The van der Waals surface area contributed by atoms with Gasteiger partial charge in [0.2, 0.25) is 0 Å². The summed E-state index contributed by atoms with van der Waals surface area (Å²) in [5.74, 6) is -0.164. The number of hydrogen-bond acceptors (Lipinski definition) is 11. The summed E-state index contributed by atoms with van der Waals surface area (Å²) in [4.78, 5) is 13.0. The van der Waals surface area contributed by atoms with Gasteiger partial charge in [-0.3, -0.25) is 0 Å². The number of hydrogen-bond donors (Lipinski definition) is 5. The second-order valence-corrected chi connectivity index (χ2v) is 14.3. The summed E-state index contributed by atoms with van der Waals surface area (Å²) in [6, 6.07) is 6.92. The van der Waals surface area contributed by atoms with Crippen molar-refractivity contribution in [3.8, 4) is 0 Å². The van der Waals surface area contributed by atoms with Crippen LogP contribution in [0.15, 0.2) is 30.3 Å². The van der Waals surface area contributed by atoms with Crippen molar-refractivity contribution < 1.29 is 48.5 Å². The second-order valence-electron chi connectivity index (χ2n) is 12.4. The number of nitrogens with one attached hydrogen (secondary N) is 1. The zero-order valence-electron chi connectivity index (χ0n) is 26.1. The van der Waals surface area contributed by atoms with Crippen molar-refractivity contribution in [1.29, 1.82) is 0 Å². The maximum Gasteiger partial charge on any atom is 0.407 e. The number of benzene rings is 1. The molecule has 13 heteroatoms. The summed E-state index contributed by atoms with van der Waals surface area (Å²) in [7, 11) is -0.933. The molecule has 1 aromatic rings. The van der Waals surface area contributed by atoms with Crippen molar-refractivity contribution in [2.24, 2.45) is 17.6 Å². The van der Waals surface area contributed by atoms with E-state index in [2.05, 4.69) is 18.5 Å². The van der Waals surface area contributed by atoms with Gasteiger partial charge >= 0.3 is 12.1 Å². The molecule has 1 aliphatic carbocycles. The number of aliphatic hydroxyl groups is 3. The first-order valence-corrected chi connectivity index (χ1v) is 17.5. The molecule has 6 N–H and O–H groups in total. The molecule has 0 bridgehead atoms. The predicted molar refractivity (Wildman–Crippen MR) is 165 cm³/mol. The summed E-state index contributed by atoms with van der Waals surface area (Å²) in [6.07, 6.45) is -0.839. The van der Waals surface area contributed by atoms with Crippen LogP contribution in [-0.4, -0.2) is 108 Å². The zero-order chi connectivity index (χ0) is 32.0. The molecule has 14 unspecified atom stereocenters. The van der Waals surface area contributed by atoms with Crippen LogP contribution in [-0.2, 0) is 35.0 Å². The van der Waals surface area contributed by atoms with Crippen LogP contribution in [0.3, 0.4) is 0 Å². The number of nitrogens with two attached hydrogens (primary N) is 1. The first kappa shape index (κ1) is 35.2. The van der Waals surface area contributed by atoms with Crippen molar-refractivity contribution in [3.05, 3.63) is 35.9 Å². The fraction of sp³-hybridized carbons (Fsp3) is 0.742. The van der Waals surface area contributed by atoms with Crippen molar-refractivity contribution in [2.75, 3.05) is 13.3 Å². The van der Waals surface area contributed by atoms with Crippen molar-refractivity contribution in [1.82, 2.24) is 5.32 Å². The van der Waals surface area contributed by atoms with E-state index in [1.54, 1.807) is 0 Å². The highest BCUT2D eigenvalue weighted by atomic mass is 31.1. The van der Waals surface area contributed by atoms with Gasteiger partial charge in [0.25, 0.3) is 0 Å².